The highest BCUT2D eigenvalue weighted by Crippen LogP contribution is 2.23. The number of nitrogens with two attached hydrogens (primary N) is 1. The molecule has 0 unspecified atom stereocenters. The highest BCUT2D eigenvalue weighted by atomic mass is 32.2. The summed E-state index contributed by atoms with van der Waals surface area (Å²) in [5.41, 5.74) is 6.62. The molecule has 1 aromatic carbocycles. The van der Waals surface area contributed by atoms with Crippen molar-refractivity contribution in [2.75, 3.05) is 24.8 Å². The number of thioether (sulfide) groups is 2. The van der Waals surface area contributed by atoms with Crippen molar-refractivity contribution in [1.29, 1.82) is 0 Å². The fourth-order valence-electron chi connectivity index (χ4n) is 1.61. The topological polar surface area (TPSA) is 72.1 Å². The summed E-state index contributed by atoms with van der Waals surface area (Å²) in [5, 5.41) is 8.03. The summed E-state index contributed by atoms with van der Waals surface area (Å²) in [6, 6.07) is 8.23. The van der Waals surface area contributed by atoms with Crippen molar-refractivity contribution in [1.82, 2.24) is 15.1 Å². The van der Waals surface area contributed by atoms with E-state index in [0.29, 0.717) is 17.4 Å². The molecule has 0 bridgehead atoms. The molecule has 0 saturated carbocycles. The number of rotatable bonds is 6. The van der Waals surface area contributed by atoms with E-state index in [9.17, 15) is 4.79 Å². The molecule has 0 saturated heterocycles. The number of carbonyl (C=O) groups is 1. The predicted octanol–water partition coefficient (Wildman–Crippen LogP) is 2.59. The lowest BCUT2D eigenvalue weighted by Crippen LogP contribution is -2.27. The first kappa shape index (κ1) is 16.1. The van der Waals surface area contributed by atoms with Crippen LogP contribution in [0.3, 0.4) is 0 Å². The molecule has 0 fully saturated rings. The van der Waals surface area contributed by atoms with E-state index in [2.05, 4.69) is 22.3 Å². The smallest absolute Gasteiger partial charge is 0.233 e. The van der Waals surface area contributed by atoms with Gasteiger partial charge in [-0.1, -0.05) is 35.2 Å². The lowest BCUT2D eigenvalue weighted by atomic mass is 10.2. The molecule has 8 heteroatoms. The molecule has 112 valence electrons. The van der Waals surface area contributed by atoms with Crippen LogP contribution in [0.2, 0.25) is 0 Å². The summed E-state index contributed by atoms with van der Waals surface area (Å²) in [7, 11) is 1.81. The fourth-order valence-corrected chi connectivity index (χ4v) is 3.59. The molecule has 2 N–H and O–H groups in total. The summed E-state index contributed by atoms with van der Waals surface area (Å²) in [6.45, 7) is 0.603. The Bertz CT molecular complexity index is 600. The molecule has 5 nitrogen and oxygen atoms in total. The maximum Gasteiger partial charge on any atom is 0.233 e. The molecule has 0 aliphatic carbocycles. The lowest BCUT2D eigenvalue weighted by Gasteiger charge is -2.16. The van der Waals surface area contributed by atoms with E-state index in [0.717, 1.165) is 9.90 Å². The molecule has 21 heavy (non-hydrogen) atoms. The summed E-state index contributed by atoms with van der Waals surface area (Å²) in [5.74, 6) is 0.399. The summed E-state index contributed by atoms with van der Waals surface area (Å²) in [4.78, 5) is 15.0. The van der Waals surface area contributed by atoms with Crippen molar-refractivity contribution in [3.8, 4) is 0 Å². The first-order valence-corrected chi connectivity index (χ1v) is 9.20. The number of aromatic nitrogens is 2. The number of carbonyl (C=O) groups excluding carboxylic acids is 1. The summed E-state index contributed by atoms with van der Waals surface area (Å²) >= 11 is 4.36. The van der Waals surface area contributed by atoms with E-state index >= 15 is 0 Å². The SMILES string of the molecule is CSc1ccc(CN(C)C(=O)CSc2nnc(N)s2)cc1. The third-order valence-electron chi connectivity index (χ3n) is 2.75. The molecule has 2 rings (SSSR count). The van der Waals surface area contributed by atoms with Crippen LogP contribution >= 0.6 is 34.9 Å². The fraction of sp³-hybridized carbons (Fsp3) is 0.308. The van der Waals surface area contributed by atoms with Crippen molar-refractivity contribution < 1.29 is 4.79 Å². The number of nitrogen functional groups attached to an aromatic ring is 1. The average molecular weight is 340 g/mol. The largest absolute Gasteiger partial charge is 0.374 e. The Morgan fingerprint density at radius 1 is 1.33 bits per heavy atom. The zero-order valence-electron chi connectivity index (χ0n) is 11.8. The van der Waals surface area contributed by atoms with Crippen molar-refractivity contribution in [3.63, 3.8) is 0 Å². The number of anilines is 1. The summed E-state index contributed by atoms with van der Waals surface area (Å²) in [6.07, 6.45) is 2.04. The number of nitrogens with zero attached hydrogens (tertiary/aromatic N) is 3. The van der Waals surface area contributed by atoms with Crippen LogP contribution in [-0.2, 0) is 11.3 Å². The van der Waals surface area contributed by atoms with Gasteiger partial charge in [0, 0.05) is 18.5 Å². The van der Waals surface area contributed by atoms with Gasteiger partial charge in [-0.2, -0.15) is 0 Å². The Balaban J connectivity index is 1.83. The van der Waals surface area contributed by atoms with Crippen LogP contribution in [0.5, 0.6) is 0 Å². The minimum Gasteiger partial charge on any atom is -0.374 e. The van der Waals surface area contributed by atoms with Gasteiger partial charge in [-0.05, 0) is 24.0 Å². The molecule has 0 aliphatic heterocycles. The second-order valence-corrected chi connectivity index (χ2v) is 7.40. The molecular weight excluding hydrogens is 324 g/mol. The predicted molar refractivity (Wildman–Crippen MR) is 89.7 cm³/mol. The normalized spacial score (nSPS) is 10.6. The van der Waals surface area contributed by atoms with Crippen LogP contribution in [-0.4, -0.2) is 40.1 Å². The monoisotopic (exact) mass is 340 g/mol. The highest BCUT2D eigenvalue weighted by molar-refractivity contribution is 8.01. The Kier molecular flexibility index (Phi) is 5.89. The van der Waals surface area contributed by atoms with Crippen molar-refractivity contribution in [3.05, 3.63) is 29.8 Å². The third-order valence-corrected chi connectivity index (χ3v) is 5.36. The van der Waals surface area contributed by atoms with E-state index in [4.69, 9.17) is 5.73 Å². The van der Waals surface area contributed by atoms with Crippen molar-refractivity contribution in [2.45, 2.75) is 15.8 Å². The first-order valence-electron chi connectivity index (χ1n) is 6.17. The number of benzene rings is 1. The molecule has 0 radical (unpaired) electrons. The van der Waals surface area contributed by atoms with E-state index < -0.39 is 0 Å². The number of amides is 1. The van der Waals surface area contributed by atoms with Gasteiger partial charge in [-0.25, -0.2) is 0 Å². The van der Waals surface area contributed by atoms with Gasteiger partial charge in [-0.15, -0.1) is 22.0 Å². The summed E-state index contributed by atoms with van der Waals surface area (Å²) < 4.78 is 0.721. The van der Waals surface area contributed by atoms with E-state index in [-0.39, 0.29) is 5.91 Å². The van der Waals surface area contributed by atoms with Crippen LogP contribution in [0.25, 0.3) is 0 Å². The minimum atomic E-state index is 0.0581. The number of hydrogen-bond donors (Lipinski definition) is 1. The standard InChI is InChI=1S/C13H16N4OS3/c1-17(7-9-3-5-10(19-2)6-4-9)11(18)8-20-13-16-15-12(14)21-13/h3-6H,7-8H2,1-2H3,(H2,14,15). The van der Waals surface area contributed by atoms with E-state index in [1.54, 1.807) is 23.7 Å². The van der Waals surface area contributed by atoms with Gasteiger partial charge in [0.25, 0.3) is 0 Å². The van der Waals surface area contributed by atoms with Crippen molar-refractivity contribution >= 4 is 45.9 Å². The van der Waals surface area contributed by atoms with Crippen molar-refractivity contribution in [2.24, 2.45) is 0 Å². The third kappa shape index (κ3) is 4.90. The van der Waals surface area contributed by atoms with Gasteiger partial charge < -0.3 is 10.6 Å². The molecule has 1 heterocycles. The molecule has 0 aliphatic rings. The van der Waals surface area contributed by atoms with Gasteiger partial charge in [0.15, 0.2) is 4.34 Å². The second kappa shape index (κ2) is 7.67. The molecule has 0 atom stereocenters. The van der Waals surface area contributed by atoms with Crippen LogP contribution in [0.15, 0.2) is 33.5 Å². The van der Waals surface area contributed by atoms with Crippen LogP contribution < -0.4 is 5.73 Å². The molecule has 0 spiro atoms. The zero-order chi connectivity index (χ0) is 15.2. The zero-order valence-corrected chi connectivity index (χ0v) is 14.2. The molecule has 1 aromatic heterocycles. The Morgan fingerprint density at radius 2 is 2.05 bits per heavy atom. The van der Waals surface area contributed by atoms with Gasteiger partial charge >= 0.3 is 0 Å². The van der Waals surface area contributed by atoms with E-state index in [1.807, 2.05) is 18.4 Å². The molecular formula is C13H16N4OS3. The van der Waals surface area contributed by atoms with Gasteiger partial charge in [0.05, 0.1) is 5.75 Å². The maximum absolute atomic E-state index is 12.1. The van der Waals surface area contributed by atoms with Crippen LogP contribution in [0.4, 0.5) is 5.13 Å². The second-order valence-electron chi connectivity index (χ2n) is 4.29. The minimum absolute atomic E-state index is 0.0581. The van der Waals surface area contributed by atoms with Crippen LogP contribution in [0.1, 0.15) is 5.56 Å². The Morgan fingerprint density at radius 3 is 2.62 bits per heavy atom. The van der Waals surface area contributed by atoms with Gasteiger partial charge in [0.1, 0.15) is 0 Å². The van der Waals surface area contributed by atoms with Gasteiger partial charge in [0.2, 0.25) is 11.0 Å². The molecule has 1 amide bonds. The maximum atomic E-state index is 12.1. The highest BCUT2D eigenvalue weighted by Gasteiger charge is 2.11. The lowest BCUT2D eigenvalue weighted by molar-refractivity contribution is -0.127. The van der Waals surface area contributed by atoms with E-state index in [1.165, 1.54) is 28.0 Å². The van der Waals surface area contributed by atoms with Crippen LogP contribution in [0, 0.1) is 0 Å². The molecule has 2 aromatic rings. The van der Waals surface area contributed by atoms with Gasteiger partial charge in [-0.3, -0.25) is 4.79 Å². The first-order chi connectivity index (χ1) is 10.1. The Labute approximate surface area is 136 Å². The Hall–Kier alpha value is -1.25. The average Bonchev–Trinajstić information content (AvgIpc) is 2.91. The number of hydrogen-bond acceptors (Lipinski definition) is 7. The quantitative estimate of drug-likeness (QED) is 0.815.